The maximum atomic E-state index is 11.7. The fourth-order valence-electron chi connectivity index (χ4n) is 1.38. The first-order valence-electron chi connectivity index (χ1n) is 6.16. The number of hydrogen-bond donors (Lipinski definition) is 1. The fraction of sp³-hybridized carbons (Fsp3) is 0.500. The zero-order valence-corrected chi connectivity index (χ0v) is 12.6. The van der Waals surface area contributed by atoms with Gasteiger partial charge in [0.2, 0.25) is 5.91 Å². The van der Waals surface area contributed by atoms with Gasteiger partial charge in [0.05, 0.1) is 16.8 Å². The molecule has 0 rings (SSSR count). The molecule has 1 atom stereocenters. The predicted octanol–water partition coefficient (Wildman–Crippen LogP) is 2.22. The van der Waals surface area contributed by atoms with Crippen LogP contribution in [0.25, 0.3) is 0 Å². The molecule has 0 spiro atoms. The van der Waals surface area contributed by atoms with Crippen molar-refractivity contribution >= 4 is 29.0 Å². The van der Waals surface area contributed by atoms with Gasteiger partial charge in [0.1, 0.15) is 6.29 Å². The molecule has 0 aromatic heterocycles. The van der Waals surface area contributed by atoms with Gasteiger partial charge < -0.3 is 10.1 Å². The molecule has 0 bridgehead atoms. The molecular weight excluding hydrogens is 260 g/mol. The van der Waals surface area contributed by atoms with E-state index < -0.39 is 6.04 Å². The Kier molecular flexibility index (Phi) is 9.80. The molecule has 0 saturated carbocycles. The minimum Gasteiger partial charge on any atom is -0.346 e. The molecule has 0 aromatic rings. The molecule has 0 fully saturated rings. The molecule has 4 nitrogen and oxygen atoms in total. The maximum Gasteiger partial charge on any atom is 0.230 e. The molecule has 5 heteroatoms. The maximum absolute atomic E-state index is 11.7. The third-order valence-corrected chi connectivity index (χ3v) is 3.20. The Morgan fingerprint density at radius 2 is 2.16 bits per heavy atom. The number of nitrogens with zero attached hydrogens (tertiary/aromatic N) is 1. The van der Waals surface area contributed by atoms with Crippen molar-refractivity contribution in [2.45, 2.75) is 26.3 Å². The van der Waals surface area contributed by atoms with Gasteiger partial charge in [-0.05, 0) is 18.4 Å². The van der Waals surface area contributed by atoms with E-state index in [1.165, 1.54) is 11.8 Å². The summed E-state index contributed by atoms with van der Waals surface area (Å²) in [6.07, 6.45) is 6.65. The Bertz CT molecular complexity index is 362. The van der Waals surface area contributed by atoms with Crippen LogP contribution in [0.1, 0.15) is 20.3 Å². The minimum absolute atomic E-state index is 0.157. The zero-order valence-electron chi connectivity index (χ0n) is 11.8. The van der Waals surface area contributed by atoms with Crippen LogP contribution in [-0.4, -0.2) is 36.1 Å². The number of allylic oxidation sites excluding steroid dienone is 2. The van der Waals surface area contributed by atoms with E-state index in [9.17, 15) is 9.59 Å². The second-order valence-corrected chi connectivity index (χ2v) is 5.38. The van der Waals surface area contributed by atoms with E-state index >= 15 is 0 Å². The fourth-order valence-corrected chi connectivity index (χ4v) is 2.05. The van der Waals surface area contributed by atoms with Crippen LogP contribution < -0.4 is 5.32 Å². The van der Waals surface area contributed by atoms with Crippen LogP contribution in [-0.2, 0) is 9.59 Å². The lowest BCUT2D eigenvalue weighted by Crippen LogP contribution is -2.38. The van der Waals surface area contributed by atoms with Crippen molar-refractivity contribution in [3.63, 3.8) is 0 Å². The summed E-state index contributed by atoms with van der Waals surface area (Å²) in [4.78, 5) is 26.6. The topological polar surface area (TPSA) is 58.5 Å². The molecule has 0 saturated heterocycles. The molecule has 19 heavy (non-hydrogen) atoms. The number of carbonyl (C=O) groups is 2. The van der Waals surface area contributed by atoms with E-state index in [-0.39, 0.29) is 11.7 Å². The highest BCUT2D eigenvalue weighted by molar-refractivity contribution is 8.14. The van der Waals surface area contributed by atoms with Gasteiger partial charge in [-0.3, -0.25) is 9.79 Å². The molecule has 0 aromatic carbocycles. The number of nitrogens with one attached hydrogen (secondary N) is 1. The third-order valence-electron chi connectivity index (χ3n) is 2.18. The molecule has 1 N–H and O–H groups in total. The number of aldehydes is 1. The van der Waals surface area contributed by atoms with Crippen molar-refractivity contribution in [3.05, 3.63) is 24.8 Å². The van der Waals surface area contributed by atoms with Crippen LogP contribution in [0.5, 0.6) is 0 Å². The van der Waals surface area contributed by atoms with Gasteiger partial charge in [0.25, 0.3) is 0 Å². The Hall–Kier alpha value is -1.36. The average Bonchev–Trinajstić information content (AvgIpc) is 2.37. The van der Waals surface area contributed by atoms with E-state index in [1.807, 2.05) is 13.8 Å². The highest BCUT2D eigenvalue weighted by Gasteiger charge is 2.13. The molecule has 0 aliphatic rings. The van der Waals surface area contributed by atoms with Crippen LogP contribution in [0.3, 0.4) is 0 Å². The minimum atomic E-state index is -0.404. The molecule has 1 amide bonds. The summed E-state index contributed by atoms with van der Waals surface area (Å²) in [6.45, 7) is 7.60. The number of amides is 1. The van der Waals surface area contributed by atoms with Crippen molar-refractivity contribution in [1.29, 1.82) is 0 Å². The molecule has 0 heterocycles. The van der Waals surface area contributed by atoms with Gasteiger partial charge in [-0.2, -0.15) is 0 Å². The van der Waals surface area contributed by atoms with Crippen molar-refractivity contribution in [2.75, 3.05) is 12.8 Å². The van der Waals surface area contributed by atoms with Crippen LogP contribution >= 0.6 is 11.8 Å². The normalized spacial score (nSPS) is 13.6. The van der Waals surface area contributed by atoms with Crippen molar-refractivity contribution in [3.8, 4) is 0 Å². The first-order chi connectivity index (χ1) is 9.03. The average molecular weight is 282 g/mol. The van der Waals surface area contributed by atoms with Crippen molar-refractivity contribution in [1.82, 2.24) is 5.32 Å². The quantitative estimate of drug-likeness (QED) is 0.321. The summed E-state index contributed by atoms with van der Waals surface area (Å²) in [7, 11) is 1.67. The van der Waals surface area contributed by atoms with E-state index in [0.717, 1.165) is 11.3 Å². The van der Waals surface area contributed by atoms with E-state index in [2.05, 4.69) is 16.9 Å². The summed E-state index contributed by atoms with van der Waals surface area (Å²) >= 11 is 1.33. The molecule has 106 valence electrons. The number of hydrogen-bond acceptors (Lipinski definition) is 4. The predicted molar refractivity (Wildman–Crippen MR) is 82.6 cm³/mol. The van der Waals surface area contributed by atoms with Gasteiger partial charge in [-0.25, -0.2) is 0 Å². The Morgan fingerprint density at radius 1 is 1.47 bits per heavy atom. The molecular formula is C14H22N2O2S. The number of rotatable bonds is 8. The second-order valence-electron chi connectivity index (χ2n) is 4.38. The van der Waals surface area contributed by atoms with Crippen molar-refractivity contribution < 1.29 is 9.59 Å². The van der Waals surface area contributed by atoms with Gasteiger partial charge in [-0.15, -0.1) is 0 Å². The third kappa shape index (κ3) is 9.25. The summed E-state index contributed by atoms with van der Waals surface area (Å²) in [6, 6.07) is -0.404. The van der Waals surface area contributed by atoms with E-state index in [4.69, 9.17) is 0 Å². The monoisotopic (exact) mass is 282 g/mol. The summed E-state index contributed by atoms with van der Waals surface area (Å²) in [5, 5.41) is 3.46. The standard InChI is InChI=1S/C14H22N2O2S/c1-5-6-7-14(15-4)19-10-13(18)16-12(9-17)8-11(2)3/h5-7,9,11-12H,1,8,10H2,2-4H3,(H,16,18)/b7-6-,15-14?. The Balaban J connectivity index is 4.19. The van der Waals surface area contributed by atoms with Gasteiger partial charge in [-0.1, -0.05) is 44.3 Å². The van der Waals surface area contributed by atoms with Gasteiger partial charge in [0.15, 0.2) is 0 Å². The number of aliphatic imine (C=N–C) groups is 1. The molecule has 0 radical (unpaired) electrons. The first kappa shape index (κ1) is 17.6. The molecule has 1 unspecified atom stereocenters. The second kappa shape index (κ2) is 10.6. The lowest BCUT2D eigenvalue weighted by molar-refractivity contribution is -0.122. The Labute approximate surface area is 119 Å². The van der Waals surface area contributed by atoms with Crippen LogP contribution in [0.4, 0.5) is 0 Å². The highest BCUT2D eigenvalue weighted by atomic mass is 32.2. The van der Waals surface area contributed by atoms with Gasteiger partial charge >= 0.3 is 0 Å². The van der Waals surface area contributed by atoms with Crippen molar-refractivity contribution in [2.24, 2.45) is 10.9 Å². The van der Waals surface area contributed by atoms with E-state index in [1.54, 1.807) is 25.3 Å². The van der Waals surface area contributed by atoms with Gasteiger partial charge in [0, 0.05) is 7.05 Å². The van der Waals surface area contributed by atoms with Crippen LogP contribution in [0.2, 0.25) is 0 Å². The van der Waals surface area contributed by atoms with Crippen LogP contribution in [0.15, 0.2) is 29.8 Å². The number of thioether (sulfide) groups is 1. The molecule has 0 aliphatic heterocycles. The first-order valence-corrected chi connectivity index (χ1v) is 7.15. The SMILES string of the molecule is C=C/C=C\C(=NC)SCC(=O)NC(C=O)CC(C)C. The summed E-state index contributed by atoms with van der Waals surface area (Å²) < 4.78 is 0. The lowest BCUT2D eigenvalue weighted by Gasteiger charge is -2.14. The van der Waals surface area contributed by atoms with E-state index in [0.29, 0.717) is 12.3 Å². The Morgan fingerprint density at radius 3 is 2.63 bits per heavy atom. The zero-order chi connectivity index (χ0) is 14.7. The lowest BCUT2D eigenvalue weighted by atomic mass is 10.1. The largest absolute Gasteiger partial charge is 0.346 e. The smallest absolute Gasteiger partial charge is 0.230 e. The summed E-state index contributed by atoms with van der Waals surface area (Å²) in [5.41, 5.74) is 0. The number of carbonyl (C=O) groups excluding carboxylic acids is 2. The van der Waals surface area contributed by atoms with Crippen LogP contribution in [0, 0.1) is 5.92 Å². The summed E-state index contributed by atoms with van der Waals surface area (Å²) in [5.74, 6) is 0.457. The highest BCUT2D eigenvalue weighted by Crippen LogP contribution is 2.07. The molecule has 0 aliphatic carbocycles.